The van der Waals surface area contributed by atoms with Crippen molar-refractivity contribution in [2.75, 3.05) is 31.5 Å². The number of urea groups is 1. The van der Waals surface area contributed by atoms with Gasteiger partial charge in [-0.25, -0.2) is 4.79 Å². The molecule has 2 amide bonds. The first-order valence-electron chi connectivity index (χ1n) is 8.89. The van der Waals surface area contributed by atoms with Crippen LogP contribution < -0.4 is 5.32 Å². The highest BCUT2D eigenvalue weighted by Crippen LogP contribution is 2.21. The molecule has 1 N–H and O–H groups in total. The fraction of sp³-hybridized carbons (Fsp3) is 0.316. The standard InChI is InChI=1S/C19H21N5O2S/c1-14-4-6-15(7-5-14)20-19(25)24-10-8-23(9-11-24)13-17-21-18(22-26-17)16-3-2-12-27-16/h2-7,12H,8-11,13H2,1H3,(H,20,25). The predicted molar refractivity (Wildman–Crippen MR) is 105 cm³/mol. The van der Waals surface area contributed by atoms with Crippen LogP contribution in [-0.4, -0.2) is 52.2 Å². The van der Waals surface area contributed by atoms with E-state index < -0.39 is 0 Å². The molecular formula is C19H21N5O2S. The van der Waals surface area contributed by atoms with E-state index in [1.807, 2.05) is 53.6 Å². The number of hydrogen-bond donors (Lipinski definition) is 1. The summed E-state index contributed by atoms with van der Waals surface area (Å²) in [6.45, 7) is 5.52. The second-order valence-electron chi connectivity index (χ2n) is 6.55. The second kappa shape index (κ2) is 7.89. The zero-order chi connectivity index (χ0) is 18.6. The monoisotopic (exact) mass is 383 g/mol. The highest BCUT2D eigenvalue weighted by Gasteiger charge is 2.22. The maximum absolute atomic E-state index is 12.4. The summed E-state index contributed by atoms with van der Waals surface area (Å²) in [5.74, 6) is 1.24. The Balaban J connectivity index is 1.27. The Bertz CT molecular complexity index is 883. The summed E-state index contributed by atoms with van der Waals surface area (Å²) in [4.78, 5) is 21.9. The van der Waals surface area contributed by atoms with Crippen LogP contribution in [0.2, 0.25) is 0 Å². The summed E-state index contributed by atoms with van der Waals surface area (Å²) in [6.07, 6.45) is 0. The summed E-state index contributed by atoms with van der Waals surface area (Å²) in [6, 6.07) is 11.7. The van der Waals surface area contributed by atoms with Gasteiger partial charge in [-0.05, 0) is 30.5 Å². The van der Waals surface area contributed by atoms with Gasteiger partial charge >= 0.3 is 6.03 Å². The number of benzene rings is 1. The normalized spacial score (nSPS) is 15.1. The smallest absolute Gasteiger partial charge is 0.321 e. The Morgan fingerprint density at radius 1 is 1.19 bits per heavy atom. The molecule has 1 fully saturated rings. The second-order valence-corrected chi connectivity index (χ2v) is 7.50. The molecule has 0 aliphatic carbocycles. The molecule has 0 bridgehead atoms. The van der Waals surface area contributed by atoms with Gasteiger partial charge in [-0.2, -0.15) is 4.98 Å². The highest BCUT2D eigenvalue weighted by molar-refractivity contribution is 7.13. The number of amides is 2. The van der Waals surface area contributed by atoms with Crippen molar-refractivity contribution in [3.05, 3.63) is 53.2 Å². The fourth-order valence-electron chi connectivity index (χ4n) is 2.96. The number of carbonyl (C=O) groups is 1. The van der Waals surface area contributed by atoms with Crippen LogP contribution >= 0.6 is 11.3 Å². The number of anilines is 1. The number of carbonyl (C=O) groups excluding carboxylic acids is 1. The highest BCUT2D eigenvalue weighted by atomic mass is 32.1. The van der Waals surface area contributed by atoms with Gasteiger partial charge in [0.1, 0.15) is 0 Å². The van der Waals surface area contributed by atoms with Crippen LogP contribution in [0.25, 0.3) is 10.7 Å². The van der Waals surface area contributed by atoms with Crippen LogP contribution in [0.15, 0.2) is 46.3 Å². The Morgan fingerprint density at radius 2 is 1.96 bits per heavy atom. The van der Waals surface area contributed by atoms with Crippen molar-refractivity contribution < 1.29 is 9.32 Å². The third kappa shape index (κ3) is 4.35. The number of hydrogen-bond acceptors (Lipinski definition) is 6. The zero-order valence-electron chi connectivity index (χ0n) is 15.1. The number of rotatable bonds is 4. The maximum atomic E-state index is 12.4. The van der Waals surface area contributed by atoms with E-state index in [1.165, 1.54) is 5.56 Å². The number of nitrogens with one attached hydrogen (secondary N) is 1. The molecule has 8 heteroatoms. The molecule has 0 atom stereocenters. The molecule has 4 rings (SSSR count). The summed E-state index contributed by atoms with van der Waals surface area (Å²) >= 11 is 1.59. The van der Waals surface area contributed by atoms with Crippen LogP contribution in [0.1, 0.15) is 11.5 Å². The summed E-state index contributed by atoms with van der Waals surface area (Å²) in [5.41, 5.74) is 1.99. The SMILES string of the molecule is Cc1ccc(NC(=O)N2CCN(Cc3nc(-c4cccs4)no3)CC2)cc1. The summed E-state index contributed by atoms with van der Waals surface area (Å²) < 4.78 is 5.37. The van der Waals surface area contributed by atoms with E-state index in [0.717, 1.165) is 23.7 Å². The van der Waals surface area contributed by atoms with Gasteiger partial charge in [0.05, 0.1) is 11.4 Å². The lowest BCUT2D eigenvalue weighted by Gasteiger charge is -2.33. The average molecular weight is 383 g/mol. The maximum Gasteiger partial charge on any atom is 0.321 e. The molecule has 3 heterocycles. The Morgan fingerprint density at radius 3 is 2.67 bits per heavy atom. The summed E-state index contributed by atoms with van der Waals surface area (Å²) in [5, 5.41) is 8.99. The van der Waals surface area contributed by atoms with E-state index >= 15 is 0 Å². The van der Waals surface area contributed by atoms with Crippen molar-refractivity contribution in [3.8, 4) is 10.7 Å². The lowest BCUT2D eigenvalue weighted by molar-refractivity contribution is 0.133. The molecule has 7 nitrogen and oxygen atoms in total. The van der Waals surface area contributed by atoms with Gasteiger partial charge in [-0.3, -0.25) is 4.90 Å². The van der Waals surface area contributed by atoms with E-state index in [9.17, 15) is 4.79 Å². The van der Waals surface area contributed by atoms with Crippen LogP contribution in [0.4, 0.5) is 10.5 Å². The molecule has 1 aliphatic heterocycles. The van der Waals surface area contributed by atoms with E-state index in [0.29, 0.717) is 31.3 Å². The van der Waals surface area contributed by atoms with Crippen molar-refractivity contribution in [2.24, 2.45) is 0 Å². The molecule has 1 aliphatic rings. The minimum absolute atomic E-state index is 0.0590. The van der Waals surface area contributed by atoms with Gasteiger partial charge in [-0.1, -0.05) is 28.9 Å². The third-order valence-corrected chi connectivity index (χ3v) is 5.40. The van der Waals surface area contributed by atoms with Crippen molar-refractivity contribution in [1.29, 1.82) is 0 Å². The lowest BCUT2D eigenvalue weighted by Crippen LogP contribution is -2.49. The summed E-state index contributed by atoms with van der Waals surface area (Å²) in [7, 11) is 0. The number of thiophene rings is 1. The number of nitrogens with zero attached hydrogens (tertiary/aromatic N) is 4. The van der Waals surface area contributed by atoms with Crippen molar-refractivity contribution >= 4 is 23.1 Å². The van der Waals surface area contributed by atoms with Crippen LogP contribution in [0.5, 0.6) is 0 Å². The first-order chi connectivity index (χ1) is 13.2. The zero-order valence-corrected chi connectivity index (χ0v) is 15.9. The van der Waals surface area contributed by atoms with Gasteiger partial charge in [0.15, 0.2) is 0 Å². The molecule has 0 spiro atoms. The first-order valence-corrected chi connectivity index (χ1v) is 9.77. The predicted octanol–water partition coefficient (Wildman–Crippen LogP) is 3.46. The van der Waals surface area contributed by atoms with Gasteiger partial charge in [-0.15, -0.1) is 11.3 Å². The quantitative estimate of drug-likeness (QED) is 0.747. The Kier molecular flexibility index (Phi) is 5.17. The topological polar surface area (TPSA) is 74.5 Å². The molecule has 0 unspecified atom stereocenters. The minimum Gasteiger partial charge on any atom is -0.338 e. The molecule has 1 aromatic carbocycles. The molecule has 2 aromatic heterocycles. The average Bonchev–Trinajstić information content (AvgIpc) is 3.36. The Hall–Kier alpha value is -2.71. The minimum atomic E-state index is -0.0590. The van der Waals surface area contributed by atoms with Gasteiger partial charge in [0, 0.05) is 31.9 Å². The van der Waals surface area contributed by atoms with Gasteiger partial charge in [0.25, 0.3) is 0 Å². The molecule has 3 aromatic rings. The number of aromatic nitrogens is 2. The molecule has 140 valence electrons. The first kappa shape index (κ1) is 17.7. The van der Waals surface area contributed by atoms with Gasteiger partial charge < -0.3 is 14.7 Å². The van der Waals surface area contributed by atoms with Crippen molar-refractivity contribution in [2.45, 2.75) is 13.5 Å². The number of aryl methyl sites for hydroxylation is 1. The van der Waals surface area contributed by atoms with E-state index in [2.05, 4.69) is 20.4 Å². The van der Waals surface area contributed by atoms with Crippen LogP contribution in [0.3, 0.4) is 0 Å². The Labute approximate surface area is 161 Å². The van der Waals surface area contributed by atoms with Crippen molar-refractivity contribution in [1.82, 2.24) is 19.9 Å². The molecule has 27 heavy (non-hydrogen) atoms. The molecular weight excluding hydrogens is 362 g/mol. The lowest BCUT2D eigenvalue weighted by atomic mass is 10.2. The van der Waals surface area contributed by atoms with Crippen LogP contribution in [0, 0.1) is 6.92 Å². The van der Waals surface area contributed by atoms with Gasteiger partial charge in [0.2, 0.25) is 11.7 Å². The fourth-order valence-corrected chi connectivity index (χ4v) is 3.61. The van der Waals surface area contributed by atoms with E-state index in [-0.39, 0.29) is 6.03 Å². The number of piperazine rings is 1. The molecule has 0 radical (unpaired) electrons. The van der Waals surface area contributed by atoms with Crippen molar-refractivity contribution in [3.63, 3.8) is 0 Å². The third-order valence-electron chi connectivity index (χ3n) is 4.53. The molecule has 0 saturated carbocycles. The van der Waals surface area contributed by atoms with E-state index in [4.69, 9.17) is 4.52 Å². The molecule has 1 saturated heterocycles. The van der Waals surface area contributed by atoms with E-state index in [1.54, 1.807) is 11.3 Å². The largest absolute Gasteiger partial charge is 0.338 e. The van der Waals surface area contributed by atoms with Crippen LogP contribution in [-0.2, 0) is 6.54 Å².